The molecule has 0 bridgehead atoms. The zero-order chi connectivity index (χ0) is 24.6. The Hall–Kier alpha value is -3.06. The van der Waals surface area contributed by atoms with E-state index in [-0.39, 0.29) is 12.7 Å². The topological polar surface area (TPSA) is 63.5 Å². The number of oxime groups is 1. The van der Waals surface area contributed by atoms with Crippen LogP contribution in [0.5, 0.6) is 11.5 Å². The van der Waals surface area contributed by atoms with Gasteiger partial charge in [0.25, 0.3) is 0 Å². The number of aliphatic hydroxyl groups is 1. The van der Waals surface area contributed by atoms with Crippen LogP contribution in [-0.2, 0) is 11.4 Å². The molecule has 0 unspecified atom stereocenters. The molecule has 0 saturated carbocycles. The van der Waals surface area contributed by atoms with Gasteiger partial charge in [0.1, 0.15) is 30.3 Å². The van der Waals surface area contributed by atoms with Crippen molar-refractivity contribution in [3.63, 3.8) is 0 Å². The van der Waals surface area contributed by atoms with E-state index in [9.17, 15) is 5.11 Å². The largest absolute Gasteiger partial charge is 0.497 e. The summed E-state index contributed by atoms with van der Waals surface area (Å²) in [7, 11) is 1.66. The molecule has 1 N–H and O–H groups in total. The van der Waals surface area contributed by atoms with Crippen LogP contribution in [0.25, 0.3) is 0 Å². The molecule has 2 atom stereocenters. The molecule has 3 aromatic carbocycles. The van der Waals surface area contributed by atoms with Crippen molar-refractivity contribution in [3.8, 4) is 11.5 Å². The summed E-state index contributed by atoms with van der Waals surface area (Å²) < 4.78 is 11.3. The Morgan fingerprint density at radius 1 is 1.11 bits per heavy atom. The van der Waals surface area contributed by atoms with Gasteiger partial charge in [0, 0.05) is 31.1 Å². The third-order valence-corrected chi connectivity index (χ3v) is 6.16. The fourth-order valence-corrected chi connectivity index (χ4v) is 4.24. The number of hydrogen-bond acceptors (Lipinski definition) is 6. The van der Waals surface area contributed by atoms with Gasteiger partial charge in [-0.3, -0.25) is 4.90 Å². The fourth-order valence-electron chi connectivity index (χ4n) is 4.11. The Labute approximate surface area is 211 Å². The number of hydrogen-bond donors (Lipinski definition) is 1. The highest BCUT2D eigenvalue weighted by Gasteiger charge is 2.26. The summed E-state index contributed by atoms with van der Waals surface area (Å²) in [5, 5.41) is 15.8. The van der Waals surface area contributed by atoms with Crippen LogP contribution in [-0.4, -0.2) is 54.7 Å². The minimum atomic E-state index is -0.668. The second-order valence-electron chi connectivity index (χ2n) is 8.75. The lowest BCUT2D eigenvalue weighted by Crippen LogP contribution is -2.39. The highest BCUT2D eigenvalue weighted by molar-refractivity contribution is 6.30. The number of benzene rings is 3. The van der Waals surface area contributed by atoms with Gasteiger partial charge in [0.05, 0.1) is 12.8 Å². The lowest BCUT2D eigenvalue weighted by molar-refractivity contribution is 0.0212. The van der Waals surface area contributed by atoms with Gasteiger partial charge < -0.3 is 19.4 Å². The summed E-state index contributed by atoms with van der Waals surface area (Å²) in [4.78, 5) is 7.94. The summed E-state index contributed by atoms with van der Waals surface area (Å²) in [6.45, 7) is 3.87. The van der Waals surface area contributed by atoms with Crippen molar-refractivity contribution < 1.29 is 19.4 Å². The molecule has 0 amide bonds. The van der Waals surface area contributed by atoms with Crippen molar-refractivity contribution in [2.45, 2.75) is 32.1 Å². The quantitative estimate of drug-likeness (QED) is 0.402. The molecule has 0 aromatic heterocycles. The molecule has 184 valence electrons. The van der Waals surface area contributed by atoms with Crippen molar-refractivity contribution in [3.05, 3.63) is 94.5 Å². The van der Waals surface area contributed by atoms with Crippen LogP contribution < -0.4 is 9.47 Å². The lowest BCUT2D eigenvalue weighted by atomic mass is 10.0. The summed E-state index contributed by atoms with van der Waals surface area (Å²) in [5.74, 6) is 1.59. The smallest absolute Gasteiger partial charge is 0.145 e. The average molecular weight is 495 g/mol. The Morgan fingerprint density at radius 3 is 2.69 bits per heavy atom. The molecule has 0 aliphatic carbocycles. The van der Waals surface area contributed by atoms with Crippen LogP contribution in [0, 0.1) is 6.92 Å². The van der Waals surface area contributed by atoms with Gasteiger partial charge in [-0.15, -0.1) is 0 Å². The van der Waals surface area contributed by atoms with Crippen LogP contribution >= 0.6 is 11.6 Å². The van der Waals surface area contributed by atoms with Gasteiger partial charge in [-0.25, -0.2) is 0 Å². The van der Waals surface area contributed by atoms with E-state index in [4.69, 9.17) is 25.9 Å². The Bertz CT molecular complexity index is 1140. The number of rotatable bonds is 11. The summed E-state index contributed by atoms with van der Waals surface area (Å²) in [6, 6.07) is 23.4. The van der Waals surface area contributed by atoms with Crippen LogP contribution in [0.4, 0.5) is 0 Å². The first-order chi connectivity index (χ1) is 17.0. The highest BCUT2D eigenvalue weighted by Crippen LogP contribution is 2.22. The normalized spacial score (nSPS) is 16.0. The van der Waals surface area contributed by atoms with Crippen molar-refractivity contribution >= 4 is 17.3 Å². The minimum Gasteiger partial charge on any atom is -0.497 e. The van der Waals surface area contributed by atoms with Crippen molar-refractivity contribution in [1.82, 2.24) is 4.90 Å². The summed E-state index contributed by atoms with van der Waals surface area (Å²) >= 11 is 6.02. The Morgan fingerprint density at radius 2 is 1.91 bits per heavy atom. The first-order valence-electron chi connectivity index (χ1n) is 11.7. The van der Waals surface area contributed by atoms with Gasteiger partial charge in [-0.1, -0.05) is 59.2 Å². The third-order valence-electron chi connectivity index (χ3n) is 5.91. The number of nitrogens with zero attached hydrogens (tertiary/aromatic N) is 2. The van der Waals surface area contributed by atoms with Gasteiger partial charge in [0.2, 0.25) is 0 Å². The lowest BCUT2D eigenvalue weighted by Gasteiger charge is -2.27. The predicted octanol–water partition coefficient (Wildman–Crippen LogP) is 5.09. The van der Waals surface area contributed by atoms with Crippen LogP contribution in [0.15, 0.2) is 78.0 Å². The molecule has 0 saturated heterocycles. The van der Waals surface area contributed by atoms with Crippen molar-refractivity contribution in [2.24, 2.45) is 5.16 Å². The number of aryl methyl sites for hydroxylation is 1. The predicted molar refractivity (Wildman–Crippen MR) is 138 cm³/mol. The van der Waals surface area contributed by atoms with E-state index in [1.54, 1.807) is 7.11 Å². The van der Waals surface area contributed by atoms with E-state index in [1.165, 1.54) is 0 Å². The molecule has 3 aromatic rings. The molecular weight excluding hydrogens is 464 g/mol. The van der Waals surface area contributed by atoms with E-state index in [0.717, 1.165) is 33.9 Å². The number of ether oxygens (including phenoxy) is 2. The van der Waals surface area contributed by atoms with Gasteiger partial charge in [0.15, 0.2) is 0 Å². The van der Waals surface area contributed by atoms with Crippen LogP contribution in [0.3, 0.4) is 0 Å². The van der Waals surface area contributed by atoms with Crippen LogP contribution in [0.1, 0.15) is 23.1 Å². The zero-order valence-electron chi connectivity index (χ0n) is 20.1. The van der Waals surface area contributed by atoms with Crippen molar-refractivity contribution in [1.29, 1.82) is 0 Å². The monoisotopic (exact) mass is 494 g/mol. The molecule has 0 radical (unpaired) electrons. The molecule has 4 rings (SSSR count). The van der Waals surface area contributed by atoms with Gasteiger partial charge >= 0.3 is 0 Å². The molecule has 6 nitrogen and oxygen atoms in total. The first-order valence-corrected chi connectivity index (χ1v) is 12.1. The number of para-hydroxylation sites is 1. The van der Waals surface area contributed by atoms with Crippen LogP contribution in [0.2, 0.25) is 5.02 Å². The van der Waals surface area contributed by atoms with E-state index >= 15 is 0 Å². The fraction of sp³-hybridized carbons (Fsp3) is 0.321. The second kappa shape index (κ2) is 12.1. The Balaban J connectivity index is 1.40. The molecule has 0 fully saturated rings. The highest BCUT2D eigenvalue weighted by atomic mass is 35.5. The standard InChI is InChI=1S/C28H31ClN2O4/c1-20-6-3-4-9-28(20)34-19-24(32)17-31(16-21-7-5-8-25(14-21)33-2)18-26-15-27(30-35-26)22-10-12-23(29)13-11-22/h3-14,24,26,32H,15-19H2,1-2H3/t24-,26+/m0/s1. The molecule has 35 heavy (non-hydrogen) atoms. The van der Waals surface area contributed by atoms with E-state index in [0.29, 0.717) is 31.1 Å². The molecule has 1 aliphatic heterocycles. The third kappa shape index (κ3) is 7.21. The Kier molecular flexibility index (Phi) is 8.64. The average Bonchev–Trinajstić information content (AvgIpc) is 3.32. The summed E-state index contributed by atoms with van der Waals surface area (Å²) in [6.07, 6.45) is -0.0967. The van der Waals surface area contributed by atoms with E-state index in [1.807, 2.05) is 73.7 Å². The molecular formula is C28H31ClN2O4. The SMILES string of the molecule is COc1cccc(CN(C[C@H](O)COc2ccccc2C)C[C@H]2CC(c3ccc(Cl)cc3)=NO2)c1. The maximum atomic E-state index is 10.8. The number of aliphatic hydroxyl groups excluding tert-OH is 1. The van der Waals surface area contributed by atoms with E-state index < -0.39 is 6.10 Å². The van der Waals surface area contributed by atoms with E-state index in [2.05, 4.69) is 16.1 Å². The first kappa shape index (κ1) is 25.0. The second-order valence-corrected chi connectivity index (χ2v) is 9.19. The molecule has 1 heterocycles. The van der Waals surface area contributed by atoms with Gasteiger partial charge in [-0.05, 0) is 53.9 Å². The number of halogens is 1. The maximum absolute atomic E-state index is 10.8. The molecule has 0 spiro atoms. The maximum Gasteiger partial charge on any atom is 0.145 e. The zero-order valence-corrected chi connectivity index (χ0v) is 20.8. The number of methoxy groups -OCH3 is 1. The van der Waals surface area contributed by atoms with Crippen molar-refractivity contribution in [2.75, 3.05) is 26.8 Å². The molecule has 1 aliphatic rings. The van der Waals surface area contributed by atoms with Gasteiger partial charge in [-0.2, -0.15) is 0 Å². The minimum absolute atomic E-state index is 0.115. The summed E-state index contributed by atoms with van der Waals surface area (Å²) in [5.41, 5.74) is 4.03. The molecule has 7 heteroatoms.